The van der Waals surface area contributed by atoms with Crippen molar-refractivity contribution >= 4 is 12.4 Å². The summed E-state index contributed by atoms with van der Waals surface area (Å²) in [6.07, 6.45) is 12.8. The van der Waals surface area contributed by atoms with Gasteiger partial charge in [0, 0.05) is 24.0 Å². The number of nitrogens with zero attached hydrogens (tertiary/aromatic N) is 2. The molecule has 2 aromatic rings. The van der Waals surface area contributed by atoms with Crippen LogP contribution in [0, 0.1) is 0 Å². The van der Waals surface area contributed by atoms with Crippen molar-refractivity contribution in [3.05, 3.63) is 68.8 Å². The average Bonchev–Trinajstić information content (AvgIpc) is 3.11. The van der Waals surface area contributed by atoms with E-state index in [9.17, 15) is 0 Å². The van der Waals surface area contributed by atoms with E-state index in [0.717, 1.165) is 12.8 Å². The van der Waals surface area contributed by atoms with Gasteiger partial charge in [0.2, 0.25) is 12.1 Å². The van der Waals surface area contributed by atoms with E-state index in [1.807, 2.05) is 0 Å². The van der Waals surface area contributed by atoms with Crippen LogP contribution in [0.5, 0.6) is 0 Å². The molecule has 2 aromatic carbocycles. The Hall–Kier alpha value is -2.22. The smallest absolute Gasteiger partial charge is 0.163 e. The second-order valence-electron chi connectivity index (χ2n) is 18.0. The summed E-state index contributed by atoms with van der Waals surface area (Å²) >= 11 is 0. The number of hydrogen-bond acceptors (Lipinski definition) is 0. The molecule has 6 rings (SSSR count). The van der Waals surface area contributed by atoms with Crippen molar-refractivity contribution in [1.82, 2.24) is 0 Å². The maximum absolute atomic E-state index is 2.89. The van der Waals surface area contributed by atoms with Gasteiger partial charge in [-0.3, -0.25) is 0 Å². The summed E-state index contributed by atoms with van der Waals surface area (Å²) in [5.74, 6) is 0. The monoisotopic (exact) mass is 552 g/mol. The molecule has 0 radical (unpaired) electrons. The molecule has 3 aliphatic heterocycles. The van der Waals surface area contributed by atoms with Crippen molar-refractivity contribution in [3.63, 3.8) is 0 Å². The Bertz CT molecular complexity index is 1360. The fraction of sp³-hybridized carbons (Fsp3) is 0.641. The molecule has 2 nitrogen and oxygen atoms in total. The van der Waals surface area contributed by atoms with Gasteiger partial charge >= 0.3 is 5.66 Å². The van der Waals surface area contributed by atoms with E-state index in [2.05, 4.69) is 129 Å². The molecule has 1 saturated carbocycles. The molecule has 2 heteroatoms. The van der Waals surface area contributed by atoms with E-state index >= 15 is 0 Å². The minimum atomic E-state index is -0.0217. The quantitative estimate of drug-likeness (QED) is 0.289. The molecule has 0 aromatic heterocycles. The SMILES string of the molecule is CC(C)(C)c1cc2c(c(C(C)(C)C)c1)CC13Cc4c(cc(C(C)(C)C)cc4C(C)(C)C)C=[N+]1[C@@H]1CCCC[C@H]1[N+]3=C2. The van der Waals surface area contributed by atoms with E-state index in [1.165, 1.54) is 47.9 Å². The average molecular weight is 553 g/mol. The zero-order valence-electron chi connectivity index (χ0n) is 28.3. The van der Waals surface area contributed by atoms with Crippen LogP contribution < -0.4 is 0 Å². The molecule has 220 valence electrons. The van der Waals surface area contributed by atoms with Crippen LogP contribution in [0.3, 0.4) is 0 Å². The molecule has 1 aliphatic carbocycles. The van der Waals surface area contributed by atoms with Gasteiger partial charge in [-0.25, -0.2) is 0 Å². The fourth-order valence-electron chi connectivity index (χ4n) is 8.43. The van der Waals surface area contributed by atoms with Crippen LogP contribution in [0.2, 0.25) is 0 Å². The van der Waals surface area contributed by atoms with E-state index in [4.69, 9.17) is 0 Å². The largest absolute Gasteiger partial charge is 0.360 e. The van der Waals surface area contributed by atoms with Gasteiger partial charge in [0.15, 0.2) is 12.4 Å². The van der Waals surface area contributed by atoms with E-state index in [0.29, 0.717) is 12.1 Å². The number of fused-ring (bicyclic) bond motifs is 5. The van der Waals surface area contributed by atoms with Gasteiger partial charge in [0.1, 0.15) is 12.8 Å². The Morgan fingerprint density at radius 2 is 0.902 bits per heavy atom. The lowest BCUT2D eigenvalue weighted by molar-refractivity contribution is -0.775. The van der Waals surface area contributed by atoms with E-state index in [1.54, 1.807) is 22.3 Å². The van der Waals surface area contributed by atoms with Gasteiger partial charge in [0.25, 0.3) is 0 Å². The molecular formula is C39H56N2+2. The highest BCUT2D eigenvalue weighted by Crippen LogP contribution is 2.48. The van der Waals surface area contributed by atoms with Crippen molar-refractivity contribution in [1.29, 1.82) is 0 Å². The number of rotatable bonds is 0. The lowest BCUT2D eigenvalue weighted by Gasteiger charge is -2.36. The molecule has 41 heavy (non-hydrogen) atoms. The van der Waals surface area contributed by atoms with Crippen LogP contribution >= 0.6 is 0 Å². The van der Waals surface area contributed by atoms with E-state index < -0.39 is 0 Å². The van der Waals surface area contributed by atoms with Crippen LogP contribution in [-0.2, 0) is 34.5 Å². The van der Waals surface area contributed by atoms with Gasteiger partial charge in [-0.1, -0.05) is 95.2 Å². The molecule has 0 amide bonds. The van der Waals surface area contributed by atoms with Gasteiger partial charge < -0.3 is 0 Å². The predicted molar refractivity (Wildman–Crippen MR) is 175 cm³/mol. The fourth-order valence-corrected chi connectivity index (χ4v) is 8.43. The summed E-state index contributed by atoms with van der Waals surface area (Å²) in [7, 11) is 0. The molecule has 0 bridgehead atoms. The molecule has 3 heterocycles. The molecule has 1 saturated heterocycles. The summed E-state index contributed by atoms with van der Waals surface area (Å²) in [5.41, 5.74) is 12.6. The Balaban J connectivity index is 1.63. The Kier molecular flexibility index (Phi) is 6.27. The second kappa shape index (κ2) is 8.90. The van der Waals surface area contributed by atoms with Crippen molar-refractivity contribution in [2.75, 3.05) is 0 Å². The topological polar surface area (TPSA) is 6.02 Å². The lowest BCUT2D eigenvalue weighted by Crippen LogP contribution is -2.55. The standard InChI is InChI=1S/C39H56N2/c1-35(2,3)27-17-25-23-40-33-15-13-14-16-34(33)41-24-26-18-28(36(4,5)6)20-32(38(10,11)12)30(26)22-39(40,41)21-29(25)31(19-27)37(7,8)9/h17-20,23-24,33-34H,13-16,21-22H2,1-12H3/q+2/t33-,34-,39?/m1/s1. The zero-order chi connectivity index (χ0) is 29.9. The van der Waals surface area contributed by atoms with Crippen LogP contribution in [0.1, 0.15) is 153 Å². The highest BCUT2D eigenvalue weighted by Gasteiger charge is 2.69. The third-order valence-electron chi connectivity index (χ3n) is 10.8. The summed E-state index contributed by atoms with van der Waals surface area (Å²) in [6.45, 7) is 28.7. The minimum absolute atomic E-state index is 0.0217. The Morgan fingerprint density at radius 1 is 0.537 bits per heavy atom. The van der Waals surface area contributed by atoms with Crippen molar-refractivity contribution < 1.29 is 9.15 Å². The first-order valence-corrected chi connectivity index (χ1v) is 16.4. The van der Waals surface area contributed by atoms with Gasteiger partial charge in [0.05, 0.1) is 0 Å². The molecule has 2 fully saturated rings. The zero-order valence-corrected chi connectivity index (χ0v) is 28.3. The maximum atomic E-state index is 2.89. The Labute approximate surface area is 251 Å². The molecule has 0 N–H and O–H groups in total. The molecule has 1 spiro atoms. The van der Waals surface area contributed by atoms with Gasteiger partial charge in [-0.2, -0.15) is 9.15 Å². The Morgan fingerprint density at radius 3 is 1.22 bits per heavy atom. The van der Waals surface area contributed by atoms with Crippen LogP contribution in [0.4, 0.5) is 0 Å². The van der Waals surface area contributed by atoms with Crippen molar-refractivity contribution in [2.24, 2.45) is 0 Å². The molecule has 2 atom stereocenters. The molecule has 0 unspecified atom stereocenters. The summed E-state index contributed by atoms with van der Waals surface area (Å²) < 4.78 is 5.78. The van der Waals surface area contributed by atoms with Crippen LogP contribution in [0.15, 0.2) is 24.3 Å². The summed E-state index contributed by atoms with van der Waals surface area (Å²) in [5, 5.41) is 0. The summed E-state index contributed by atoms with van der Waals surface area (Å²) in [4.78, 5) is 0. The highest BCUT2D eigenvalue weighted by atomic mass is 15.4. The first kappa shape index (κ1) is 28.9. The maximum Gasteiger partial charge on any atom is 0.360 e. The van der Waals surface area contributed by atoms with E-state index in [-0.39, 0.29) is 27.3 Å². The summed E-state index contributed by atoms with van der Waals surface area (Å²) in [6, 6.07) is 11.4. The third kappa shape index (κ3) is 4.58. The molecule has 4 aliphatic rings. The second-order valence-corrected chi connectivity index (χ2v) is 18.0. The predicted octanol–water partition coefficient (Wildman–Crippen LogP) is 8.57. The first-order chi connectivity index (χ1) is 18.8. The molecular weight excluding hydrogens is 496 g/mol. The highest BCUT2D eigenvalue weighted by molar-refractivity contribution is 5.83. The van der Waals surface area contributed by atoms with Gasteiger partial charge in [-0.05, 0) is 80.0 Å². The van der Waals surface area contributed by atoms with Crippen molar-refractivity contribution in [2.45, 2.75) is 161 Å². The third-order valence-corrected chi connectivity index (χ3v) is 10.8. The first-order valence-electron chi connectivity index (χ1n) is 16.4. The number of benzene rings is 2. The lowest BCUT2D eigenvalue weighted by atomic mass is 9.71. The minimum Gasteiger partial charge on any atom is -0.163 e. The van der Waals surface area contributed by atoms with Crippen LogP contribution in [-0.4, -0.2) is 39.3 Å². The van der Waals surface area contributed by atoms with Gasteiger partial charge in [-0.15, -0.1) is 0 Å². The van der Waals surface area contributed by atoms with Crippen molar-refractivity contribution in [3.8, 4) is 0 Å². The van der Waals surface area contributed by atoms with Crippen LogP contribution in [0.25, 0.3) is 0 Å². The number of hydrogen-bond donors (Lipinski definition) is 0. The normalized spacial score (nSPS) is 23.5.